The Labute approximate surface area is 167 Å². The van der Waals surface area contributed by atoms with Gasteiger partial charge in [0, 0.05) is 17.2 Å². The number of nitrogens with zero attached hydrogens (tertiary/aromatic N) is 1. The van der Waals surface area contributed by atoms with Crippen molar-refractivity contribution in [1.29, 1.82) is 0 Å². The van der Waals surface area contributed by atoms with Crippen LogP contribution >= 0.6 is 11.6 Å². The molecule has 150 valence electrons. The van der Waals surface area contributed by atoms with Gasteiger partial charge in [0.2, 0.25) is 0 Å². The fraction of sp³-hybridized carbons (Fsp3) is 0.105. The summed E-state index contributed by atoms with van der Waals surface area (Å²) in [5, 5.41) is 14.5. The number of carbonyl (C=O) groups is 2. The van der Waals surface area contributed by atoms with E-state index in [9.17, 15) is 23.2 Å². The van der Waals surface area contributed by atoms with Crippen LogP contribution in [-0.2, 0) is 4.79 Å². The van der Waals surface area contributed by atoms with Crippen molar-refractivity contribution in [3.63, 3.8) is 0 Å². The molecule has 0 aliphatic carbocycles. The summed E-state index contributed by atoms with van der Waals surface area (Å²) in [5.41, 5.74) is -0.739. The van der Waals surface area contributed by atoms with Crippen LogP contribution in [0.3, 0.4) is 0 Å². The molecule has 1 heterocycles. The van der Waals surface area contributed by atoms with Gasteiger partial charge in [0.25, 0.3) is 11.5 Å². The number of aliphatic carboxylic acids is 1. The van der Waals surface area contributed by atoms with Crippen LogP contribution < -0.4 is 10.9 Å². The highest BCUT2D eigenvalue weighted by molar-refractivity contribution is 6.30. The van der Waals surface area contributed by atoms with E-state index in [1.807, 2.05) is 0 Å². The van der Waals surface area contributed by atoms with Gasteiger partial charge in [-0.3, -0.25) is 19.5 Å². The number of halogens is 3. The molecular formula is C19H14ClF2N3O4. The Bertz CT molecular complexity index is 1130. The molecule has 0 fully saturated rings. The lowest BCUT2D eigenvalue weighted by Crippen LogP contribution is -2.30. The lowest BCUT2D eigenvalue weighted by Gasteiger charge is -2.17. The van der Waals surface area contributed by atoms with Crippen molar-refractivity contribution in [3.8, 4) is 5.69 Å². The molecular weight excluding hydrogens is 408 g/mol. The molecule has 0 bridgehead atoms. The van der Waals surface area contributed by atoms with Gasteiger partial charge in [-0.25, -0.2) is 13.5 Å². The molecule has 0 spiro atoms. The number of carbonyl (C=O) groups excluding carboxylic acids is 1. The minimum absolute atomic E-state index is 0.219. The third kappa shape index (κ3) is 4.69. The molecule has 0 unspecified atom stereocenters. The van der Waals surface area contributed by atoms with E-state index < -0.39 is 41.5 Å². The predicted molar refractivity (Wildman–Crippen MR) is 100 cm³/mol. The molecule has 7 nitrogen and oxygen atoms in total. The number of nitrogens with one attached hydrogen (secondary N) is 2. The summed E-state index contributed by atoms with van der Waals surface area (Å²) in [6.07, 6.45) is -0.412. The predicted octanol–water partition coefficient (Wildman–Crippen LogP) is 3.04. The quantitative estimate of drug-likeness (QED) is 0.569. The molecule has 3 N–H and O–H groups in total. The van der Waals surface area contributed by atoms with Gasteiger partial charge >= 0.3 is 5.97 Å². The number of hydrogen-bond donors (Lipinski definition) is 3. The Morgan fingerprint density at radius 3 is 2.45 bits per heavy atom. The molecule has 0 aliphatic rings. The van der Waals surface area contributed by atoms with E-state index in [0.29, 0.717) is 16.7 Å². The Kier molecular flexibility index (Phi) is 5.79. The van der Waals surface area contributed by atoms with Crippen LogP contribution in [0.5, 0.6) is 0 Å². The van der Waals surface area contributed by atoms with E-state index in [1.54, 1.807) is 24.3 Å². The molecule has 0 radical (unpaired) electrons. The Morgan fingerprint density at radius 1 is 1.14 bits per heavy atom. The highest BCUT2D eigenvalue weighted by atomic mass is 35.5. The number of carboxylic acid groups (broad SMARTS) is 1. The van der Waals surface area contributed by atoms with Crippen LogP contribution in [-0.4, -0.2) is 26.8 Å². The van der Waals surface area contributed by atoms with E-state index in [-0.39, 0.29) is 11.4 Å². The fourth-order valence-corrected chi connectivity index (χ4v) is 2.84. The van der Waals surface area contributed by atoms with Crippen LogP contribution in [0.1, 0.15) is 28.5 Å². The normalized spacial score (nSPS) is 11.8. The maximum atomic E-state index is 13.9. The third-order valence-electron chi connectivity index (χ3n) is 4.07. The van der Waals surface area contributed by atoms with Crippen molar-refractivity contribution in [3.05, 3.63) is 86.8 Å². The second-order valence-corrected chi connectivity index (χ2v) is 6.55. The Morgan fingerprint density at radius 2 is 1.83 bits per heavy atom. The molecule has 0 aliphatic heterocycles. The van der Waals surface area contributed by atoms with E-state index in [2.05, 4.69) is 10.4 Å². The number of aromatic nitrogens is 2. The number of amides is 1. The van der Waals surface area contributed by atoms with Crippen molar-refractivity contribution in [1.82, 2.24) is 15.1 Å². The number of H-pyrrole nitrogens is 1. The number of benzene rings is 2. The summed E-state index contributed by atoms with van der Waals surface area (Å²) in [4.78, 5) is 35.8. The van der Waals surface area contributed by atoms with Crippen LogP contribution in [0.4, 0.5) is 8.78 Å². The smallest absolute Gasteiger partial charge is 0.305 e. The first-order valence-corrected chi connectivity index (χ1v) is 8.68. The topological polar surface area (TPSA) is 104 Å². The highest BCUT2D eigenvalue weighted by Gasteiger charge is 2.21. The zero-order valence-corrected chi connectivity index (χ0v) is 15.4. The van der Waals surface area contributed by atoms with Gasteiger partial charge in [0.05, 0.1) is 12.5 Å². The van der Waals surface area contributed by atoms with Gasteiger partial charge in [0.1, 0.15) is 17.2 Å². The van der Waals surface area contributed by atoms with Gasteiger partial charge in [-0.1, -0.05) is 23.7 Å². The van der Waals surface area contributed by atoms with Crippen molar-refractivity contribution in [2.24, 2.45) is 0 Å². The monoisotopic (exact) mass is 421 g/mol. The fourth-order valence-electron chi connectivity index (χ4n) is 2.71. The first kappa shape index (κ1) is 20.3. The van der Waals surface area contributed by atoms with Gasteiger partial charge in [-0.2, -0.15) is 0 Å². The van der Waals surface area contributed by atoms with E-state index in [4.69, 9.17) is 16.7 Å². The van der Waals surface area contributed by atoms with E-state index in [1.165, 1.54) is 0 Å². The standard InChI is InChI=1S/C19H14ClF2N3O4/c20-11-3-1-10(2-4-11)14(9-18(27)28)23-19(29)15-8-17(26)25(24-15)16-6-5-12(21)7-13(16)22/h1-8,14,24H,9H2,(H,23,29)(H,27,28)/t14-/m0/s1. The van der Waals surface area contributed by atoms with E-state index >= 15 is 0 Å². The average Bonchev–Trinajstić information content (AvgIpc) is 3.03. The van der Waals surface area contributed by atoms with Crippen molar-refractivity contribution in [2.45, 2.75) is 12.5 Å². The SMILES string of the molecule is O=C(O)C[C@H](NC(=O)c1cc(=O)n(-c2ccc(F)cc2F)[nH]1)c1ccc(Cl)cc1. The second-order valence-electron chi connectivity index (χ2n) is 6.11. The molecule has 10 heteroatoms. The minimum Gasteiger partial charge on any atom is -0.481 e. The second kappa shape index (κ2) is 8.27. The summed E-state index contributed by atoms with van der Waals surface area (Å²) in [7, 11) is 0. The average molecular weight is 422 g/mol. The van der Waals surface area contributed by atoms with Crippen LogP contribution in [0.2, 0.25) is 5.02 Å². The lowest BCUT2D eigenvalue weighted by molar-refractivity contribution is -0.137. The number of aromatic amines is 1. The molecule has 1 aromatic heterocycles. The molecule has 0 saturated carbocycles. The number of rotatable bonds is 6. The van der Waals surface area contributed by atoms with Crippen molar-refractivity contribution < 1.29 is 23.5 Å². The number of carboxylic acids is 1. The molecule has 29 heavy (non-hydrogen) atoms. The molecule has 2 aromatic carbocycles. The lowest BCUT2D eigenvalue weighted by atomic mass is 10.0. The molecule has 0 saturated heterocycles. The summed E-state index contributed by atoms with van der Waals surface area (Å²) in [5.74, 6) is -3.73. The zero-order valence-electron chi connectivity index (χ0n) is 14.7. The molecule has 3 rings (SSSR count). The van der Waals surface area contributed by atoms with E-state index in [0.717, 1.165) is 22.9 Å². The summed E-state index contributed by atoms with van der Waals surface area (Å²) in [6.45, 7) is 0. The van der Waals surface area contributed by atoms with Crippen LogP contribution in [0.25, 0.3) is 5.69 Å². The zero-order chi connectivity index (χ0) is 21.1. The molecule has 1 atom stereocenters. The summed E-state index contributed by atoms with van der Waals surface area (Å²) in [6, 6.07) is 8.88. The first-order valence-electron chi connectivity index (χ1n) is 8.30. The summed E-state index contributed by atoms with van der Waals surface area (Å²) >= 11 is 5.82. The van der Waals surface area contributed by atoms with Crippen molar-refractivity contribution in [2.75, 3.05) is 0 Å². The van der Waals surface area contributed by atoms with Gasteiger partial charge in [-0.15, -0.1) is 0 Å². The van der Waals surface area contributed by atoms with Gasteiger partial charge < -0.3 is 10.4 Å². The maximum Gasteiger partial charge on any atom is 0.305 e. The van der Waals surface area contributed by atoms with Crippen molar-refractivity contribution >= 4 is 23.5 Å². The third-order valence-corrected chi connectivity index (χ3v) is 4.32. The van der Waals surface area contributed by atoms with Gasteiger partial charge in [-0.05, 0) is 29.8 Å². The van der Waals surface area contributed by atoms with Crippen LogP contribution in [0, 0.1) is 11.6 Å². The Hall–Kier alpha value is -3.46. The first-order chi connectivity index (χ1) is 13.7. The van der Waals surface area contributed by atoms with Gasteiger partial charge in [0.15, 0.2) is 5.82 Å². The van der Waals surface area contributed by atoms with Crippen LogP contribution in [0.15, 0.2) is 53.3 Å². The maximum absolute atomic E-state index is 13.9. The highest BCUT2D eigenvalue weighted by Crippen LogP contribution is 2.20. The Balaban J connectivity index is 1.88. The number of hydrogen-bond acceptors (Lipinski definition) is 3. The largest absolute Gasteiger partial charge is 0.481 e. The molecule has 3 aromatic rings. The molecule has 1 amide bonds. The minimum atomic E-state index is -1.15. The summed E-state index contributed by atoms with van der Waals surface area (Å²) < 4.78 is 27.8.